The molecule has 0 aliphatic rings. The van der Waals surface area contributed by atoms with Crippen LogP contribution in [-0.2, 0) is 10.0 Å². The van der Waals surface area contributed by atoms with Crippen LogP contribution in [0.5, 0.6) is 5.75 Å². The second-order valence-corrected chi connectivity index (χ2v) is 5.56. The number of nitrogens with two attached hydrogens (primary N) is 1. The van der Waals surface area contributed by atoms with Crippen LogP contribution in [-0.4, -0.2) is 15.0 Å². The van der Waals surface area contributed by atoms with Gasteiger partial charge in [-0.2, -0.15) is 0 Å². The van der Waals surface area contributed by atoms with E-state index in [1.165, 1.54) is 12.1 Å². The predicted molar refractivity (Wildman–Crippen MR) is 72.0 cm³/mol. The molecule has 1 rings (SSSR count). The highest BCUT2D eigenvalue weighted by atomic mass is 32.2. The van der Waals surface area contributed by atoms with E-state index in [1.807, 2.05) is 6.08 Å². The Morgan fingerprint density at radius 3 is 2.39 bits per heavy atom. The lowest BCUT2D eigenvalue weighted by Crippen LogP contribution is -2.11. The van der Waals surface area contributed by atoms with Crippen LogP contribution >= 0.6 is 0 Å². The van der Waals surface area contributed by atoms with Crippen molar-refractivity contribution in [2.24, 2.45) is 5.14 Å². The molecular formula is C13H19NO3S. The lowest BCUT2D eigenvalue weighted by atomic mass is 10.2. The minimum atomic E-state index is -3.62. The van der Waals surface area contributed by atoms with Gasteiger partial charge in [0.1, 0.15) is 5.75 Å². The van der Waals surface area contributed by atoms with E-state index in [0.29, 0.717) is 12.4 Å². The summed E-state index contributed by atoms with van der Waals surface area (Å²) in [5.74, 6) is 0.658. The van der Waals surface area contributed by atoms with Gasteiger partial charge in [-0.1, -0.05) is 6.08 Å². The molecule has 0 spiro atoms. The molecule has 0 aromatic heterocycles. The summed E-state index contributed by atoms with van der Waals surface area (Å²) in [5.41, 5.74) is 0. The minimum absolute atomic E-state index is 0.0980. The van der Waals surface area contributed by atoms with E-state index in [0.717, 1.165) is 25.7 Å². The van der Waals surface area contributed by atoms with Gasteiger partial charge in [0.2, 0.25) is 10.0 Å². The van der Waals surface area contributed by atoms with Crippen LogP contribution in [0.15, 0.2) is 41.8 Å². The fourth-order valence-electron chi connectivity index (χ4n) is 1.48. The molecule has 100 valence electrons. The van der Waals surface area contributed by atoms with Crippen molar-refractivity contribution in [1.29, 1.82) is 0 Å². The Balaban J connectivity index is 2.34. The second-order valence-electron chi connectivity index (χ2n) is 4.00. The van der Waals surface area contributed by atoms with E-state index < -0.39 is 10.0 Å². The van der Waals surface area contributed by atoms with Crippen molar-refractivity contribution in [2.45, 2.75) is 30.6 Å². The number of hydrogen-bond acceptors (Lipinski definition) is 3. The van der Waals surface area contributed by atoms with Crippen molar-refractivity contribution in [3.63, 3.8) is 0 Å². The van der Waals surface area contributed by atoms with E-state index in [9.17, 15) is 8.42 Å². The topological polar surface area (TPSA) is 69.4 Å². The third kappa shape index (κ3) is 5.33. The van der Waals surface area contributed by atoms with Crippen LogP contribution in [0.25, 0.3) is 0 Å². The van der Waals surface area contributed by atoms with Gasteiger partial charge in [-0.05, 0) is 49.9 Å². The lowest BCUT2D eigenvalue weighted by Gasteiger charge is -2.06. The Hall–Kier alpha value is -1.33. The Labute approximate surface area is 109 Å². The SMILES string of the molecule is C=CCCCCCOc1ccc(S(N)(=O)=O)cc1. The number of hydrogen-bond donors (Lipinski definition) is 1. The molecule has 2 N–H and O–H groups in total. The smallest absolute Gasteiger partial charge is 0.238 e. The average Bonchev–Trinajstić information content (AvgIpc) is 2.33. The molecule has 0 atom stereocenters. The fourth-order valence-corrected chi connectivity index (χ4v) is 2.00. The van der Waals surface area contributed by atoms with Crippen molar-refractivity contribution in [3.05, 3.63) is 36.9 Å². The molecule has 18 heavy (non-hydrogen) atoms. The lowest BCUT2D eigenvalue weighted by molar-refractivity contribution is 0.305. The summed E-state index contributed by atoms with van der Waals surface area (Å²) in [7, 11) is -3.62. The van der Waals surface area contributed by atoms with Gasteiger partial charge in [0.15, 0.2) is 0 Å². The molecule has 0 amide bonds. The van der Waals surface area contributed by atoms with Crippen molar-refractivity contribution < 1.29 is 13.2 Å². The molecule has 4 nitrogen and oxygen atoms in total. The van der Waals surface area contributed by atoms with Gasteiger partial charge in [0.05, 0.1) is 11.5 Å². The molecule has 0 heterocycles. The zero-order valence-corrected chi connectivity index (χ0v) is 11.2. The third-order valence-electron chi connectivity index (χ3n) is 2.47. The van der Waals surface area contributed by atoms with Gasteiger partial charge in [0, 0.05) is 0 Å². The summed E-state index contributed by atoms with van der Waals surface area (Å²) in [6.07, 6.45) is 6.14. The quantitative estimate of drug-likeness (QED) is 0.582. The summed E-state index contributed by atoms with van der Waals surface area (Å²) in [6.45, 7) is 4.29. The van der Waals surface area contributed by atoms with E-state index in [2.05, 4.69) is 6.58 Å². The van der Waals surface area contributed by atoms with E-state index in [1.54, 1.807) is 12.1 Å². The van der Waals surface area contributed by atoms with Crippen molar-refractivity contribution in [3.8, 4) is 5.75 Å². The molecule has 0 fully saturated rings. The predicted octanol–water partition coefficient (Wildman–Crippen LogP) is 2.46. The fraction of sp³-hybridized carbons (Fsp3) is 0.385. The van der Waals surface area contributed by atoms with Crippen LogP contribution in [0.3, 0.4) is 0 Å². The number of primary sulfonamides is 1. The van der Waals surface area contributed by atoms with Crippen LogP contribution in [0.4, 0.5) is 0 Å². The van der Waals surface area contributed by atoms with Gasteiger partial charge < -0.3 is 4.74 Å². The largest absolute Gasteiger partial charge is 0.494 e. The van der Waals surface area contributed by atoms with Crippen LogP contribution in [0, 0.1) is 0 Å². The second kappa shape index (κ2) is 7.18. The molecule has 1 aromatic rings. The molecule has 0 radical (unpaired) electrons. The summed E-state index contributed by atoms with van der Waals surface area (Å²) < 4.78 is 27.6. The minimum Gasteiger partial charge on any atom is -0.494 e. The van der Waals surface area contributed by atoms with Crippen LogP contribution in [0.1, 0.15) is 25.7 Å². The summed E-state index contributed by atoms with van der Waals surface area (Å²) >= 11 is 0. The maximum absolute atomic E-state index is 11.0. The third-order valence-corrected chi connectivity index (χ3v) is 3.40. The Bertz CT molecular complexity index is 466. The first-order valence-corrected chi connectivity index (χ1v) is 7.45. The standard InChI is InChI=1S/C13H19NO3S/c1-2-3-4-5-6-11-17-12-7-9-13(10-8-12)18(14,15)16/h2,7-10H,1,3-6,11H2,(H2,14,15,16). The number of rotatable bonds is 8. The molecule has 5 heteroatoms. The summed E-state index contributed by atoms with van der Waals surface area (Å²) in [5, 5.41) is 5.00. The van der Waals surface area contributed by atoms with Crippen molar-refractivity contribution in [1.82, 2.24) is 0 Å². The highest BCUT2D eigenvalue weighted by molar-refractivity contribution is 7.89. The van der Waals surface area contributed by atoms with E-state index in [4.69, 9.17) is 9.88 Å². The monoisotopic (exact) mass is 269 g/mol. The van der Waals surface area contributed by atoms with Crippen LogP contribution < -0.4 is 9.88 Å². The Morgan fingerprint density at radius 1 is 1.17 bits per heavy atom. The zero-order valence-electron chi connectivity index (χ0n) is 10.3. The first-order valence-electron chi connectivity index (χ1n) is 5.90. The highest BCUT2D eigenvalue weighted by Crippen LogP contribution is 2.15. The summed E-state index contributed by atoms with van der Waals surface area (Å²) in [4.78, 5) is 0.0980. The van der Waals surface area contributed by atoms with Crippen molar-refractivity contribution >= 4 is 10.0 Å². The normalized spacial score (nSPS) is 11.2. The van der Waals surface area contributed by atoms with Gasteiger partial charge in [0.25, 0.3) is 0 Å². The molecule has 0 aliphatic heterocycles. The highest BCUT2D eigenvalue weighted by Gasteiger charge is 2.06. The molecule has 0 unspecified atom stereocenters. The van der Waals surface area contributed by atoms with E-state index >= 15 is 0 Å². The zero-order chi connectivity index (χ0) is 13.4. The number of ether oxygens (including phenoxy) is 1. The number of sulfonamides is 1. The van der Waals surface area contributed by atoms with Gasteiger partial charge in [-0.3, -0.25) is 0 Å². The maximum Gasteiger partial charge on any atom is 0.238 e. The molecule has 0 bridgehead atoms. The van der Waals surface area contributed by atoms with Crippen molar-refractivity contribution in [2.75, 3.05) is 6.61 Å². The Morgan fingerprint density at radius 2 is 1.83 bits per heavy atom. The average molecular weight is 269 g/mol. The molecule has 1 aromatic carbocycles. The number of allylic oxidation sites excluding steroid dienone is 1. The molecule has 0 saturated carbocycles. The molecule has 0 aliphatic carbocycles. The first kappa shape index (κ1) is 14.7. The molecule has 0 saturated heterocycles. The maximum atomic E-state index is 11.0. The summed E-state index contributed by atoms with van der Waals surface area (Å²) in [6, 6.07) is 6.12. The van der Waals surface area contributed by atoms with Crippen LogP contribution in [0.2, 0.25) is 0 Å². The molecular weight excluding hydrogens is 250 g/mol. The number of unbranched alkanes of at least 4 members (excludes halogenated alkanes) is 3. The first-order chi connectivity index (χ1) is 8.54. The van der Waals surface area contributed by atoms with Gasteiger partial charge >= 0.3 is 0 Å². The van der Waals surface area contributed by atoms with E-state index in [-0.39, 0.29) is 4.90 Å². The number of benzene rings is 1. The van der Waals surface area contributed by atoms with Gasteiger partial charge in [-0.25, -0.2) is 13.6 Å². The Kier molecular flexibility index (Phi) is 5.88. The van der Waals surface area contributed by atoms with Gasteiger partial charge in [-0.15, -0.1) is 6.58 Å².